The molecule has 1 atom stereocenters. The first-order chi connectivity index (χ1) is 11.4. The van der Waals surface area contributed by atoms with Crippen LogP contribution in [0.5, 0.6) is 0 Å². The summed E-state index contributed by atoms with van der Waals surface area (Å²) in [6, 6.07) is 12.6. The van der Waals surface area contributed by atoms with Gasteiger partial charge in [0.25, 0.3) is 5.91 Å². The Morgan fingerprint density at radius 2 is 1.79 bits per heavy atom. The summed E-state index contributed by atoms with van der Waals surface area (Å²) in [7, 11) is 0. The number of thioether (sulfide) groups is 1. The van der Waals surface area contributed by atoms with Crippen molar-refractivity contribution < 1.29 is 18.0 Å². The van der Waals surface area contributed by atoms with Crippen molar-refractivity contribution in [3.63, 3.8) is 0 Å². The number of hydrogen-bond acceptors (Lipinski definition) is 2. The minimum absolute atomic E-state index is 0.148. The predicted molar refractivity (Wildman–Crippen MR) is 88.9 cm³/mol. The quantitative estimate of drug-likeness (QED) is 0.767. The van der Waals surface area contributed by atoms with Gasteiger partial charge in [-0.05, 0) is 30.2 Å². The molecule has 6 heteroatoms. The van der Waals surface area contributed by atoms with Gasteiger partial charge in [0.2, 0.25) is 0 Å². The lowest BCUT2D eigenvalue weighted by atomic mass is 10.0. The summed E-state index contributed by atoms with van der Waals surface area (Å²) in [5.41, 5.74) is 0.832. The molecule has 1 unspecified atom stereocenters. The normalized spacial score (nSPS) is 18.0. The average Bonchev–Trinajstić information content (AvgIpc) is 3.03. The van der Waals surface area contributed by atoms with Crippen LogP contribution in [0.15, 0.2) is 48.5 Å². The minimum Gasteiger partial charge on any atom is -0.322 e. The molecule has 2 nitrogen and oxygen atoms in total. The molecule has 0 aromatic heterocycles. The van der Waals surface area contributed by atoms with Crippen LogP contribution in [0.4, 0.5) is 13.2 Å². The van der Waals surface area contributed by atoms with Gasteiger partial charge in [-0.1, -0.05) is 36.4 Å². The van der Waals surface area contributed by atoms with Crippen LogP contribution in [0.2, 0.25) is 0 Å². The van der Waals surface area contributed by atoms with Gasteiger partial charge >= 0.3 is 6.18 Å². The van der Waals surface area contributed by atoms with E-state index in [9.17, 15) is 18.0 Å². The number of nitrogens with zero attached hydrogens (tertiary/aromatic N) is 1. The predicted octanol–water partition coefficient (Wildman–Crippen LogP) is 4.90. The molecule has 0 spiro atoms. The summed E-state index contributed by atoms with van der Waals surface area (Å²) < 4.78 is 39.9. The van der Waals surface area contributed by atoms with Crippen LogP contribution >= 0.6 is 11.8 Å². The molecule has 0 saturated carbocycles. The van der Waals surface area contributed by atoms with Gasteiger partial charge in [0, 0.05) is 17.9 Å². The summed E-state index contributed by atoms with van der Waals surface area (Å²) in [5.74, 6) is 0.397. The Bertz CT molecular complexity index is 760. The molecule has 0 N–H and O–H groups in total. The average molecular weight is 351 g/mol. The third-order valence-electron chi connectivity index (χ3n) is 4.06. The highest BCUT2D eigenvalue weighted by Gasteiger charge is 2.39. The molecule has 1 amide bonds. The zero-order valence-electron chi connectivity index (χ0n) is 13.0. The molecule has 0 bridgehead atoms. The van der Waals surface area contributed by atoms with Crippen LogP contribution < -0.4 is 0 Å². The maximum atomic E-state index is 13.3. The van der Waals surface area contributed by atoms with Crippen molar-refractivity contribution in [2.24, 2.45) is 0 Å². The molecule has 1 aliphatic rings. The molecule has 1 fully saturated rings. The summed E-state index contributed by atoms with van der Waals surface area (Å²) in [5, 5.41) is -0.616. The van der Waals surface area contributed by atoms with E-state index in [1.54, 1.807) is 18.2 Å². The molecule has 126 valence electrons. The van der Waals surface area contributed by atoms with Gasteiger partial charge in [-0.3, -0.25) is 4.79 Å². The first-order valence-electron chi connectivity index (χ1n) is 7.54. The van der Waals surface area contributed by atoms with Gasteiger partial charge in [0.05, 0.1) is 5.56 Å². The van der Waals surface area contributed by atoms with Crippen LogP contribution in [-0.2, 0) is 6.18 Å². The molecule has 1 heterocycles. The van der Waals surface area contributed by atoms with Crippen LogP contribution in [0.1, 0.15) is 32.4 Å². The molecule has 24 heavy (non-hydrogen) atoms. The van der Waals surface area contributed by atoms with E-state index >= 15 is 0 Å². The van der Waals surface area contributed by atoms with E-state index in [-0.39, 0.29) is 11.5 Å². The molecular weight excluding hydrogens is 335 g/mol. The van der Waals surface area contributed by atoms with Gasteiger partial charge in [0.15, 0.2) is 0 Å². The standard InChI is InChI=1S/C18H16F3NOS/c1-12-6-2-3-7-13(12)16(23)22-10-11-24-17(22)14-8-4-5-9-15(14)18(19,20)21/h2-9,17H,10-11H2,1H3. The number of rotatable bonds is 2. The van der Waals surface area contributed by atoms with Crippen LogP contribution in [0.25, 0.3) is 0 Å². The Hall–Kier alpha value is -1.95. The number of carbonyl (C=O) groups excluding carboxylic acids is 1. The van der Waals surface area contributed by atoms with Gasteiger partial charge in [-0.15, -0.1) is 11.8 Å². The summed E-state index contributed by atoms with van der Waals surface area (Å²) in [6.07, 6.45) is -4.43. The summed E-state index contributed by atoms with van der Waals surface area (Å²) >= 11 is 1.37. The fraction of sp³-hybridized carbons (Fsp3) is 0.278. The lowest BCUT2D eigenvalue weighted by Crippen LogP contribution is -2.31. The fourth-order valence-electron chi connectivity index (χ4n) is 2.87. The van der Waals surface area contributed by atoms with E-state index in [0.29, 0.717) is 17.9 Å². The highest BCUT2D eigenvalue weighted by molar-refractivity contribution is 7.99. The van der Waals surface area contributed by atoms with Crippen molar-refractivity contribution in [2.75, 3.05) is 12.3 Å². The topological polar surface area (TPSA) is 20.3 Å². The minimum atomic E-state index is -4.43. The number of amides is 1. The molecular formula is C18H16F3NOS. The Labute approximate surface area is 142 Å². The van der Waals surface area contributed by atoms with E-state index in [0.717, 1.165) is 11.6 Å². The zero-order chi connectivity index (χ0) is 17.3. The largest absolute Gasteiger partial charge is 0.416 e. The van der Waals surface area contributed by atoms with Gasteiger partial charge in [-0.2, -0.15) is 13.2 Å². The zero-order valence-corrected chi connectivity index (χ0v) is 13.8. The Morgan fingerprint density at radius 3 is 2.50 bits per heavy atom. The van der Waals surface area contributed by atoms with Crippen LogP contribution in [0.3, 0.4) is 0 Å². The van der Waals surface area contributed by atoms with Crippen LogP contribution in [-0.4, -0.2) is 23.1 Å². The van der Waals surface area contributed by atoms with Crippen molar-refractivity contribution in [1.29, 1.82) is 0 Å². The van der Waals surface area contributed by atoms with Crippen LogP contribution in [0, 0.1) is 6.92 Å². The number of aryl methyl sites for hydroxylation is 1. The van der Waals surface area contributed by atoms with Gasteiger partial charge in [0.1, 0.15) is 5.37 Å². The second-order valence-corrected chi connectivity index (χ2v) is 6.81. The maximum Gasteiger partial charge on any atom is 0.416 e. The number of carbonyl (C=O) groups is 1. The molecule has 2 aromatic carbocycles. The van der Waals surface area contributed by atoms with Crippen molar-refractivity contribution >= 4 is 17.7 Å². The lowest BCUT2D eigenvalue weighted by Gasteiger charge is -2.27. The smallest absolute Gasteiger partial charge is 0.322 e. The summed E-state index contributed by atoms with van der Waals surface area (Å²) in [4.78, 5) is 14.4. The number of alkyl halides is 3. The molecule has 1 aliphatic heterocycles. The van der Waals surface area contributed by atoms with E-state index in [1.807, 2.05) is 19.1 Å². The monoisotopic (exact) mass is 351 g/mol. The number of benzene rings is 2. The first kappa shape index (κ1) is 16.9. The Balaban J connectivity index is 1.98. The molecule has 2 aromatic rings. The van der Waals surface area contributed by atoms with E-state index < -0.39 is 17.1 Å². The highest BCUT2D eigenvalue weighted by atomic mass is 32.2. The van der Waals surface area contributed by atoms with Crippen molar-refractivity contribution in [2.45, 2.75) is 18.5 Å². The Kier molecular flexibility index (Phi) is 4.58. The molecule has 1 saturated heterocycles. The second-order valence-electron chi connectivity index (χ2n) is 5.62. The van der Waals surface area contributed by atoms with Gasteiger partial charge in [-0.25, -0.2) is 0 Å². The third kappa shape index (κ3) is 3.15. The lowest BCUT2D eigenvalue weighted by molar-refractivity contribution is -0.138. The van der Waals surface area contributed by atoms with Crippen molar-refractivity contribution in [3.8, 4) is 0 Å². The summed E-state index contributed by atoms with van der Waals surface area (Å²) in [6.45, 7) is 2.27. The maximum absolute atomic E-state index is 13.3. The highest BCUT2D eigenvalue weighted by Crippen LogP contribution is 2.44. The SMILES string of the molecule is Cc1ccccc1C(=O)N1CCSC1c1ccccc1C(F)(F)F. The third-order valence-corrected chi connectivity index (χ3v) is 5.30. The Morgan fingerprint density at radius 1 is 1.12 bits per heavy atom. The van der Waals surface area contributed by atoms with Gasteiger partial charge < -0.3 is 4.90 Å². The van der Waals surface area contributed by atoms with Crippen molar-refractivity contribution in [1.82, 2.24) is 4.90 Å². The molecule has 0 radical (unpaired) electrons. The number of halogens is 3. The molecule has 0 aliphatic carbocycles. The second kappa shape index (κ2) is 6.51. The number of hydrogen-bond donors (Lipinski definition) is 0. The van der Waals surface area contributed by atoms with Crippen molar-refractivity contribution in [3.05, 3.63) is 70.8 Å². The van der Waals surface area contributed by atoms with E-state index in [1.165, 1.54) is 28.8 Å². The fourth-order valence-corrected chi connectivity index (χ4v) is 4.17. The van der Waals surface area contributed by atoms with E-state index in [2.05, 4.69) is 0 Å². The molecule has 3 rings (SSSR count). The first-order valence-corrected chi connectivity index (χ1v) is 8.59. The van der Waals surface area contributed by atoms with E-state index in [4.69, 9.17) is 0 Å².